The van der Waals surface area contributed by atoms with Crippen molar-refractivity contribution >= 4 is 34.3 Å². The van der Waals surface area contributed by atoms with Crippen molar-refractivity contribution in [3.05, 3.63) is 75.5 Å². The fourth-order valence-electron chi connectivity index (χ4n) is 3.65. The summed E-state index contributed by atoms with van der Waals surface area (Å²) in [6.45, 7) is 0.274. The number of hydrogen-bond donors (Lipinski definition) is 2. The highest BCUT2D eigenvalue weighted by atomic mass is 16.6. The maximum atomic E-state index is 12.5. The van der Waals surface area contributed by atoms with Gasteiger partial charge >= 0.3 is 0 Å². The first kappa shape index (κ1) is 19.3. The number of hydrogen-bond acceptors (Lipinski definition) is 5. The number of nitrogens with zero attached hydrogens (tertiary/aromatic N) is 2. The molecule has 3 amide bonds. The van der Waals surface area contributed by atoms with Gasteiger partial charge in [-0.2, -0.15) is 0 Å². The van der Waals surface area contributed by atoms with Gasteiger partial charge in [0, 0.05) is 42.7 Å². The van der Waals surface area contributed by atoms with Gasteiger partial charge in [-0.3, -0.25) is 29.4 Å². The Morgan fingerprint density at radius 1 is 1.10 bits per heavy atom. The number of nitrogens with one attached hydrogen (secondary N) is 2. The Hall–Kier alpha value is -4.01. The molecule has 3 aromatic rings. The Bertz CT molecular complexity index is 1180. The molecule has 1 aliphatic heterocycles. The second kappa shape index (κ2) is 7.78. The summed E-state index contributed by atoms with van der Waals surface area (Å²) in [6, 6.07) is 11.8. The van der Waals surface area contributed by atoms with Crippen LogP contribution >= 0.6 is 0 Å². The quantitative estimate of drug-likeness (QED) is 0.354. The molecule has 0 bridgehead atoms. The van der Waals surface area contributed by atoms with Crippen LogP contribution in [0.2, 0.25) is 0 Å². The summed E-state index contributed by atoms with van der Waals surface area (Å²) in [6.07, 6.45) is 2.46. The first-order valence-electron chi connectivity index (χ1n) is 9.42. The predicted octanol–water partition coefficient (Wildman–Crippen LogP) is 2.42. The second-order valence-corrected chi connectivity index (χ2v) is 6.93. The number of nitro groups is 1. The lowest BCUT2D eigenvalue weighted by atomic mass is 10.1. The summed E-state index contributed by atoms with van der Waals surface area (Å²) in [5.41, 5.74) is 1.48. The highest BCUT2D eigenvalue weighted by molar-refractivity contribution is 6.23. The van der Waals surface area contributed by atoms with Crippen molar-refractivity contribution in [2.45, 2.75) is 12.8 Å². The molecule has 30 heavy (non-hydrogen) atoms. The molecule has 0 saturated carbocycles. The Morgan fingerprint density at radius 2 is 1.90 bits per heavy atom. The zero-order chi connectivity index (χ0) is 21.3. The zero-order valence-corrected chi connectivity index (χ0v) is 15.9. The number of nitro benzene ring substituents is 1. The molecule has 152 valence electrons. The predicted molar refractivity (Wildman–Crippen MR) is 108 cm³/mol. The molecule has 4 rings (SSSR count). The summed E-state index contributed by atoms with van der Waals surface area (Å²) in [4.78, 5) is 51.6. The summed E-state index contributed by atoms with van der Waals surface area (Å²) >= 11 is 0. The standard InChI is InChI=1S/C21H18N4O5/c26-18(22-10-8-13-12-23-16-6-2-1-4-14(13)16)9-11-24-20(27)15-5-3-7-17(25(29)30)19(15)21(24)28/h1-7,12,23H,8-11H2,(H,22,26). The van der Waals surface area contributed by atoms with Crippen LogP contribution in [0.5, 0.6) is 0 Å². The van der Waals surface area contributed by atoms with Crippen LogP contribution in [0, 0.1) is 10.1 Å². The number of H-pyrrole nitrogens is 1. The zero-order valence-electron chi connectivity index (χ0n) is 15.9. The van der Waals surface area contributed by atoms with Gasteiger partial charge in [-0.25, -0.2) is 0 Å². The smallest absolute Gasteiger partial charge is 0.282 e. The lowest BCUT2D eigenvalue weighted by Crippen LogP contribution is -2.35. The number of rotatable bonds is 7. The average molecular weight is 406 g/mol. The largest absolute Gasteiger partial charge is 0.361 e. The summed E-state index contributed by atoms with van der Waals surface area (Å²) in [7, 11) is 0. The number of benzene rings is 2. The van der Waals surface area contributed by atoms with Crippen LogP contribution in [0.3, 0.4) is 0 Å². The number of amides is 3. The molecule has 0 spiro atoms. The van der Waals surface area contributed by atoms with Crippen LogP contribution in [0.15, 0.2) is 48.7 Å². The molecular weight excluding hydrogens is 388 g/mol. The van der Waals surface area contributed by atoms with Gasteiger partial charge in [0.05, 0.1) is 10.5 Å². The van der Waals surface area contributed by atoms with Crippen molar-refractivity contribution in [2.24, 2.45) is 0 Å². The molecule has 0 radical (unpaired) electrons. The molecule has 2 N–H and O–H groups in total. The van der Waals surface area contributed by atoms with Crippen molar-refractivity contribution in [3.8, 4) is 0 Å². The van der Waals surface area contributed by atoms with Crippen LogP contribution in [0.25, 0.3) is 10.9 Å². The average Bonchev–Trinajstić information content (AvgIpc) is 3.26. The van der Waals surface area contributed by atoms with E-state index >= 15 is 0 Å². The van der Waals surface area contributed by atoms with Crippen LogP contribution in [0.1, 0.15) is 32.7 Å². The minimum absolute atomic E-state index is 0.00561. The van der Waals surface area contributed by atoms with E-state index in [1.165, 1.54) is 18.2 Å². The highest BCUT2D eigenvalue weighted by Crippen LogP contribution is 2.30. The number of imide groups is 1. The van der Waals surface area contributed by atoms with E-state index in [0.717, 1.165) is 21.4 Å². The normalized spacial score (nSPS) is 13.0. The lowest BCUT2D eigenvalue weighted by Gasteiger charge is -2.13. The molecule has 9 nitrogen and oxygen atoms in total. The summed E-state index contributed by atoms with van der Waals surface area (Å²) in [5.74, 6) is -1.67. The van der Waals surface area contributed by atoms with Gasteiger partial charge < -0.3 is 10.3 Å². The van der Waals surface area contributed by atoms with E-state index in [4.69, 9.17) is 0 Å². The van der Waals surface area contributed by atoms with Crippen LogP contribution in [-0.2, 0) is 11.2 Å². The van der Waals surface area contributed by atoms with E-state index in [9.17, 15) is 24.5 Å². The molecule has 2 aromatic carbocycles. The van der Waals surface area contributed by atoms with E-state index in [0.29, 0.717) is 13.0 Å². The summed E-state index contributed by atoms with van der Waals surface area (Å²) < 4.78 is 0. The molecule has 0 unspecified atom stereocenters. The van der Waals surface area contributed by atoms with E-state index in [2.05, 4.69) is 10.3 Å². The lowest BCUT2D eigenvalue weighted by molar-refractivity contribution is -0.385. The minimum atomic E-state index is -0.742. The van der Waals surface area contributed by atoms with Crippen molar-refractivity contribution in [3.63, 3.8) is 0 Å². The van der Waals surface area contributed by atoms with Crippen molar-refractivity contribution < 1.29 is 19.3 Å². The molecular formula is C21H18N4O5. The van der Waals surface area contributed by atoms with Crippen molar-refractivity contribution in [2.75, 3.05) is 13.1 Å². The van der Waals surface area contributed by atoms with Gasteiger partial charge in [0.2, 0.25) is 5.91 Å². The monoisotopic (exact) mass is 406 g/mol. The topological polar surface area (TPSA) is 125 Å². The Morgan fingerprint density at radius 3 is 2.70 bits per heavy atom. The van der Waals surface area contributed by atoms with E-state index in [1.807, 2.05) is 30.5 Å². The molecule has 1 aromatic heterocycles. The molecule has 0 atom stereocenters. The van der Waals surface area contributed by atoms with E-state index in [-0.39, 0.29) is 30.0 Å². The number of carbonyl (C=O) groups is 3. The van der Waals surface area contributed by atoms with E-state index < -0.39 is 22.4 Å². The first-order valence-corrected chi connectivity index (χ1v) is 9.42. The number of carbonyl (C=O) groups excluding carboxylic acids is 3. The van der Waals surface area contributed by atoms with Crippen LogP contribution in [0.4, 0.5) is 5.69 Å². The fraction of sp³-hybridized carbons (Fsp3) is 0.190. The van der Waals surface area contributed by atoms with Crippen molar-refractivity contribution in [1.82, 2.24) is 15.2 Å². The molecule has 9 heteroatoms. The van der Waals surface area contributed by atoms with Gasteiger partial charge in [0.15, 0.2) is 0 Å². The Balaban J connectivity index is 1.33. The van der Waals surface area contributed by atoms with Gasteiger partial charge in [0.25, 0.3) is 17.5 Å². The highest BCUT2D eigenvalue weighted by Gasteiger charge is 2.40. The Labute approximate surface area is 170 Å². The van der Waals surface area contributed by atoms with Crippen LogP contribution in [-0.4, -0.2) is 45.6 Å². The SMILES string of the molecule is O=C(CCN1C(=O)c2cccc([N+](=O)[O-])c2C1=O)NCCc1c[nH]c2ccccc12. The van der Waals surface area contributed by atoms with Gasteiger partial charge in [0.1, 0.15) is 5.56 Å². The first-order chi connectivity index (χ1) is 14.5. The van der Waals surface area contributed by atoms with Crippen LogP contribution < -0.4 is 5.32 Å². The summed E-state index contributed by atoms with van der Waals surface area (Å²) in [5, 5.41) is 15.0. The Kier molecular flexibility index (Phi) is 5.01. The number of para-hydroxylation sites is 1. The maximum absolute atomic E-state index is 12.5. The van der Waals surface area contributed by atoms with Gasteiger partial charge in [-0.15, -0.1) is 0 Å². The molecule has 1 aliphatic rings. The molecule has 2 heterocycles. The maximum Gasteiger partial charge on any atom is 0.282 e. The third-order valence-electron chi connectivity index (χ3n) is 5.13. The second-order valence-electron chi connectivity index (χ2n) is 6.93. The third-order valence-corrected chi connectivity index (χ3v) is 5.13. The molecule has 0 saturated heterocycles. The fourth-order valence-corrected chi connectivity index (χ4v) is 3.65. The number of aromatic nitrogens is 1. The number of aromatic amines is 1. The van der Waals surface area contributed by atoms with Crippen molar-refractivity contribution in [1.29, 1.82) is 0 Å². The number of fused-ring (bicyclic) bond motifs is 2. The van der Waals surface area contributed by atoms with Gasteiger partial charge in [-0.1, -0.05) is 24.3 Å². The minimum Gasteiger partial charge on any atom is -0.361 e. The molecule has 0 aliphatic carbocycles. The van der Waals surface area contributed by atoms with Gasteiger partial charge in [-0.05, 0) is 24.1 Å². The molecule has 0 fully saturated rings. The van der Waals surface area contributed by atoms with E-state index in [1.54, 1.807) is 0 Å². The third kappa shape index (κ3) is 3.41.